The number of rotatable bonds is 2. The maximum Gasteiger partial charge on any atom is 0.164 e. The zero-order valence-corrected chi connectivity index (χ0v) is 13.0. The summed E-state index contributed by atoms with van der Waals surface area (Å²) in [7, 11) is 0. The van der Waals surface area contributed by atoms with Gasteiger partial charge in [0, 0.05) is 11.2 Å². The molecule has 0 aliphatic heterocycles. The molecule has 3 nitrogen and oxygen atoms in total. The fourth-order valence-corrected chi connectivity index (χ4v) is 2.66. The number of imidazole rings is 1. The summed E-state index contributed by atoms with van der Waals surface area (Å²) in [6, 6.07) is 6.19. The van der Waals surface area contributed by atoms with E-state index in [9.17, 15) is 4.39 Å². The van der Waals surface area contributed by atoms with Crippen LogP contribution >= 0.6 is 23.2 Å². The number of halogens is 3. The van der Waals surface area contributed by atoms with Gasteiger partial charge in [-0.1, -0.05) is 11.6 Å². The molecule has 0 aliphatic rings. The highest BCUT2D eigenvalue weighted by Gasteiger charge is 2.19. The highest BCUT2D eigenvalue weighted by Crippen LogP contribution is 2.29. The molecule has 21 heavy (non-hydrogen) atoms. The zero-order valence-electron chi connectivity index (χ0n) is 11.4. The summed E-state index contributed by atoms with van der Waals surface area (Å²) >= 11 is 12.2. The normalized spacial score (nSPS) is 12.8. The van der Waals surface area contributed by atoms with Gasteiger partial charge in [-0.15, -0.1) is 11.6 Å². The van der Waals surface area contributed by atoms with Crippen molar-refractivity contribution >= 4 is 34.4 Å². The second kappa shape index (κ2) is 5.28. The summed E-state index contributed by atoms with van der Waals surface area (Å²) in [4.78, 5) is 8.91. The van der Waals surface area contributed by atoms with Crippen molar-refractivity contribution < 1.29 is 4.39 Å². The standard InChI is InChI=1S/C15H12Cl2FN3/c1-8-3-4-19-15-13(8)20-14(9(2)16)21(15)12-6-10(17)5-11(18)7-12/h3-7,9H,1-2H3. The van der Waals surface area contributed by atoms with Crippen LogP contribution in [0.2, 0.25) is 5.02 Å². The van der Waals surface area contributed by atoms with Crippen LogP contribution in [-0.4, -0.2) is 14.5 Å². The lowest BCUT2D eigenvalue weighted by molar-refractivity contribution is 0.626. The van der Waals surface area contributed by atoms with Crippen molar-refractivity contribution in [3.63, 3.8) is 0 Å². The van der Waals surface area contributed by atoms with Gasteiger partial charge in [-0.25, -0.2) is 14.4 Å². The first-order valence-electron chi connectivity index (χ1n) is 6.42. The molecule has 0 bridgehead atoms. The monoisotopic (exact) mass is 323 g/mol. The number of aromatic nitrogens is 3. The zero-order chi connectivity index (χ0) is 15.1. The van der Waals surface area contributed by atoms with Gasteiger partial charge in [0.15, 0.2) is 5.65 Å². The number of fused-ring (bicyclic) bond motifs is 1. The fraction of sp³-hybridized carbons (Fsp3) is 0.200. The van der Waals surface area contributed by atoms with E-state index in [1.54, 1.807) is 16.8 Å². The summed E-state index contributed by atoms with van der Waals surface area (Å²) in [5.41, 5.74) is 2.93. The van der Waals surface area contributed by atoms with E-state index in [-0.39, 0.29) is 5.38 Å². The molecule has 0 N–H and O–H groups in total. The molecule has 0 spiro atoms. The Hall–Kier alpha value is -1.65. The molecule has 1 unspecified atom stereocenters. The average Bonchev–Trinajstić information content (AvgIpc) is 2.78. The fourth-order valence-electron chi connectivity index (χ4n) is 2.30. The number of hydrogen-bond acceptors (Lipinski definition) is 2. The molecule has 2 aromatic heterocycles. The van der Waals surface area contributed by atoms with E-state index in [1.807, 2.05) is 19.9 Å². The molecule has 2 heterocycles. The lowest BCUT2D eigenvalue weighted by atomic mass is 10.2. The van der Waals surface area contributed by atoms with Crippen molar-refractivity contribution in [3.8, 4) is 5.69 Å². The van der Waals surface area contributed by atoms with Crippen molar-refractivity contribution in [2.24, 2.45) is 0 Å². The molecule has 6 heteroatoms. The van der Waals surface area contributed by atoms with Crippen molar-refractivity contribution in [2.75, 3.05) is 0 Å². The molecule has 0 fully saturated rings. The van der Waals surface area contributed by atoms with Gasteiger partial charge in [0.05, 0.1) is 11.1 Å². The molecule has 1 aromatic carbocycles. The number of aryl methyl sites for hydroxylation is 1. The van der Waals surface area contributed by atoms with Crippen molar-refractivity contribution in [1.82, 2.24) is 14.5 Å². The van der Waals surface area contributed by atoms with E-state index in [0.717, 1.165) is 11.1 Å². The largest absolute Gasteiger partial charge is 0.279 e. The summed E-state index contributed by atoms with van der Waals surface area (Å²) in [6.45, 7) is 3.76. The molecule has 0 aliphatic carbocycles. The van der Waals surface area contributed by atoms with Gasteiger partial charge >= 0.3 is 0 Å². The minimum Gasteiger partial charge on any atom is -0.279 e. The summed E-state index contributed by atoms with van der Waals surface area (Å²) in [6.07, 6.45) is 1.69. The Morgan fingerprint density at radius 2 is 2.05 bits per heavy atom. The Balaban J connectivity index is 2.39. The maximum absolute atomic E-state index is 13.7. The van der Waals surface area contributed by atoms with Gasteiger partial charge < -0.3 is 0 Å². The van der Waals surface area contributed by atoms with Crippen molar-refractivity contribution in [2.45, 2.75) is 19.2 Å². The predicted octanol–water partition coefficient (Wildman–Crippen LogP) is 4.82. The molecular weight excluding hydrogens is 312 g/mol. The van der Waals surface area contributed by atoms with Gasteiger partial charge in [-0.05, 0) is 43.7 Å². The quantitative estimate of drug-likeness (QED) is 0.633. The third kappa shape index (κ3) is 2.49. The highest BCUT2D eigenvalue weighted by atomic mass is 35.5. The molecule has 0 radical (unpaired) electrons. The van der Waals surface area contributed by atoms with Gasteiger partial charge in [0.1, 0.15) is 17.2 Å². The Kier molecular flexibility index (Phi) is 3.59. The van der Waals surface area contributed by atoms with Gasteiger partial charge in [0.2, 0.25) is 0 Å². The molecule has 0 saturated heterocycles. The Morgan fingerprint density at radius 3 is 2.71 bits per heavy atom. The number of nitrogens with zero attached hydrogens (tertiary/aromatic N) is 3. The Morgan fingerprint density at radius 1 is 1.29 bits per heavy atom. The second-order valence-electron chi connectivity index (χ2n) is 4.85. The predicted molar refractivity (Wildman–Crippen MR) is 82.8 cm³/mol. The van der Waals surface area contributed by atoms with Crippen molar-refractivity contribution in [1.29, 1.82) is 0 Å². The van der Waals surface area contributed by atoms with E-state index in [0.29, 0.717) is 22.2 Å². The van der Waals surface area contributed by atoms with Crippen LogP contribution in [0.5, 0.6) is 0 Å². The van der Waals surface area contributed by atoms with Crippen LogP contribution in [0.1, 0.15) is 23.7 Å². The second-order valence-corrected chi connectivity index (χ2v) is 5.94. The minimum absolute atomic E-state index is 0.313. The van der Waals surface area contributed by atoms with Crippen LogP contribution in [0.4, 0.5) is 4.39 Å². The topological polar surface area (TPSA) is 30.7 Å². The van der Waals surface area contributed by atoms with E-state index in [1.165, 1.54) is 12.1 Å². The SMILES string of the molecule is Cc1ccnc2c1nc(C(C)Cl)n2-c1cc(F)cc(Cl)c1. The minimum atomic E-state index is -0.417. The number of pyridine rings is 1. The first-order chi connectivity index (χ1) is 9.97. The number of hydrogen-bond donors (Lipinski definition) is 0. The van der Waals surface area contributed by atoms with Crippen LogP contribution in [-0.2, 0) is 0 Å². The molecule has 108 valence electrons. The number of benzene rings is 1. The molecule has 0 saturated carbocycles. The van der Waals surface area contributed by atoms with Gasteiger partial charge in [0.25, 0.3) is 0 Å². The first kappa shape index (κ1) is 14.3. The molecule has 0 amide bonds. The maximum atomic E-state index is 13.7. The molecule has 3 rings (SSSR count). The van der Waals surface area contributed by atoms with E-state index in [4.69, 9.17) is 23.2 Å². The van der Waals surface area contributed by atoms with E-state index < -0.39 is 5.82 Å². The number of alkyl halides is 1. The van der Waals surface area contributed by atoms with Gasteiger partial charge in [-0.3, -0.25) is 4.57 Å². The third-order valence-electron chi connectivity index (χ3n) is 3.24. The Bertz CT molecular complexity index is 807. The van der Waals surface area contributed by atoms with Gasteiger partial charge in [-0.2, -0.15) is 0 Å². The average molecular weight is 324 g/mol. The van der Waals surface area contributed by atoms with E-state index in [2.05, 4.69) is 9.97 Å². The van der Waals surface area contributed by atoms with Crippen LogP contribution in [0.3, 0.4) is 0 Å². The van der Waals surface area contributed by atoms with Crippen LogP contribution < -0.4 is 0 Å². The molecule has 1 atom stereocenters. The van der Waals surface area contributed by atoms with Crippen LogP contribution in [0.25, 0.3) is 16.9 Å². The third-order valence-corrected chi connectivity index (χ3v) is 3.65. The Labute approximate surface area is 131 Å². The van der Waals surface area contributed by atoms with Crippen molar-refractivity contribution in [3.05, 3.63) is 52.7 Å². The first-order valence-corrected chi connectivity index (χ1v) is 7.23. The highest BCUT2D eigenvalue weighted by molar-refractivity contribution is 6.30. The van der Waals surface area contributed by atoms with Crippen LogP contribution in [0.15, 0.2) is 30.5 Å². The summed E-state index contributed by atoms with van der Waals surface area (Å²) in [5, 5.41) is -0.0340. The molecule has 3 aromatic rings. The lowest BCUT2D eigenvalue weighted by Crippen LogP contribution is -2.03. The summed E-state index contributed by atoms with van der Waals surface area (Å²) < 4.78 is 15.4. The lowest BCUT2D eigenvalue weighted by Gasteiger charge is -2.10. The summed E-state index contributed by atoms with van der Waals surface area (Å²) in [5.74, 6) is 0.190. The van der Waals surface area contributed by atoms with Crippen LogP contribution in [0, 0.1) is 12.7 Å². The molecular formula is C15H12Cl2FN3. The smallest absolute Gasteiger partial charge is 0.164 e. The van der Waals surface area contributed by atoms with E-state index >= 15 is 0 Å².